The van der Waals surface area contributed by atoms with Crippen molar-refractivity contribution in [2.45, 2.75) is 96.1 Å². The first-order chi connectivity index (χ1) is 10.6. The third-order valence-corrected chi connectivity index (χ3v) is 5.62. The van der Waals surface area contributed by atoms with Crippen molar-refractivity contribution in [3.8, 4) is 6.07 Å². The molecule has 0 aromatic rings. The van der Waals surface area contributed by atoms with Crippen molar-refractivity contribution in [1.29, 1.82) is 5.26 Å². The Balaban J connectivity index is 3.88. The lowest BCUT2D eigenvalue weighted by molar-refractivity contribution is 0.550. The molecule has 1 N–H and O–H groups in total. The molecule has 0 aromatic heterocycles. The predicted molar refractivity (Wildman–Crippen MR) is 93.1 cm³/mol. The molecule has 0 rings (SSSR count). The summed E-state index contributed by atoms with van der Waals surface area (Å²) in [6, 6.07) is 1.95. The van der Waals surface area contributed by atoms with Gasteiger partial charge in [0.1, 0.15) is 0 Å². The van der Waals surface area contributed by atoms with E-state index in [2.05, 4.69) is 18.6 Å². The highest BCUT2D eigenvalue weighted by Gasteiger charge is 2.23. The summed E-state index contributed by atoms with van der Waals surface area (Å²) in [7, 11) is -3.47. The van der Waals surface area contributed by atoms with Gasteiger partial charge in [0.25, 0.3) is 0 Å². The lowest BCUT2D eigenvalue weighted by atomic mass is 10.1. The van der Waals surface area contributed by atoms with Gasteiger partial charge in [-0.15, -0.1) is 0 Å². The van der Waals surface area contributed by atoms with Crippen LogP contribution < -0.4 is 4.72 Å². The summed E-state index contributed by atoms with van der Waals surface area (Å²) in [5, 5.41) is 8.20. The van der Waals surface area contributed by atoms with Crippen molar-refractivity contribution < 1.29 is 8.42 Å². The van der Waals surface area contributed by atoms with Crippen molar-refractivity contribution in [2.24, 2.45) is 0 Å². The molecule has 0 aromatic carbocycles. The summed E-state index contributed by atoms with van der Waals surface area (Å²) in [5.74, 6) is 0. The summed E-state index contributed by atoms with van der Waals surface area (Å²) in [6.45, 7) is 4.79. The topological polar surface area (TPSA) is 70.0 Å². The fourth-order valence-electron chi connectivity index (χ4n) is 2.44. The van der Waals surface area contributed by atoms with E-state index in [1.165, 1.54) is 32.1 Å². The van der Waals surface area contributed by atoms with E-state index in [9.17, 15) is 8.42 Å². The molecule has 130 valence electrons. The molecule has 0 spiro atoms. The molecule has 0 saturated heterocycles. The molecule has 0 bridgehead atoms. The van der Waals surface area contributed by atoms with Crippen LogP contribution in [0.25, 0.3) is 0 Å². The lowest BCUT2D eigenvalue weighted by Gasteiger charge is -2.12. The maximum absolute atomic E-state index is 12.1. The Bertz CT molecular complexity index is 388. The van der Waals surface area contributed by atoms with Crippen LogP contribution in [0.2, 0.25) is 0 Å². The van der Waals surface area contributed by atoms with Gasteiger partial charge in [0.2, 0.25) is 10.0 Å². The molecule has 0 radical (unpaired) electrons. The molecule has 5 heteroatoms. The SMILES string of the molecule is CCCCCCCCNS(=O)(=O)C(C#N)CCCCCCC. The molecule has 0 aliphatic heterocycles. The van der Waals surface area contributed by atoms with E-state index in [1.807, 2.05) is 6.07 Å². The van der Waals surface area contributed by atoms with E-state index in [1.54, 1.807) is 0 Å². The third-order valence-electron chi connectivity index (χ3n) is 3.92. The molecule has 1 atom stereocenters. The number of sulfonamides is 1. The molecule has 0 saturated carbocycles. The zero-order valence-corrected chi connectivity index (χ0v) is 15.3. The molecular formula is C17H34N2O2S. The van der Waals surface area contributed by atoms with Gasteiger partial charge in [-0.2, -0.15) is 5.26 Å². The van der Waals surface area contributed by atoms with Crippen LogP contribution in [0, 0.1) is 11.3 Å². The number of nitrogens with one attached hydrogen (secondary N) is 1. The lowest BCUT2D eigenvalue weighted by Crippen LogP contribution is -2.34. The predicted octanol–water partition coefficient (Wildman–Crippen LogP) is 4.52. The fraction of sp³-hybridized carbons (Fsp3) is 0.941. The number of unbranched alkanes of at least 4 members (excludes halogenated alkanes) is 9. The molecule has 0 fully saturated rings. The van der Waals surface area contributed by atoms with Gasteiger partial charge in [0.05, 0.1) is 6.07 Å². The van der Waals surface area contributed by atoms with Gasteiger partial charge in [-0.25, -0.2) is 13.1 Å². The van der Waals surface area contributed by atoms with Gasteiger partial charge in [0, 0.05) is 6.54 Å². The van der Waals surface area contributed by atoms with Crippen molar-refractivity contribution in [3.05, 3.63) is 0 Å². The molecule has 22 heavy (non-hydrogen) atoms. The minimum atomic E-state index is -3.47. The third kappa shape index (κ3) is 11.0. The van der Waals surface area contributed by atoms with Crippen LogP contribution in [0.15, 0.2) is 0 Å². The van der Waals surface area contributed by atoms with Crippen LogP contribution in [0.3, 0.4) is 0 Å². The summed E-state index contributed by atoms with van der Waals surface area (Å²) >= 11 is 0. The molecule has 0 amide bonds. The summed E-state index contributed by atoms with van der Waals surface area (Å²) in [5.41, 5.74) is 0. The highest BCUT2D eigenvalue weighted by molar-refractivity contribution is 7.90. The van der Waals surface area contributed by atoms with Gasteiger partial charge in [0.15, 0.2) is 5.25 Å². The number of rotatable bonds is 15. The Kier molecular flexibility index (Phi) is 13.6. The fourth-order valence-corrected chi connectivity index (χ4v) is 3.69. The quantitative estimate of drug-likeness (QED) is 0.449. The molecule has 0 aliphatic rings. The van der Waals surface area contributed by atoms with Gasteiger partial charge >= 0.3 is 0 Å². The first kappa shape index (κ1) is 21.4. The van der Waals surface area contributed by atoms with E-state index < -0.39 is 15.3 Å². The molecule has 0 aliphatic carbocycles. The number of hydrogen-bond donors (Lipinski definition) is 1. The molecular weight excluding hydrogens is 296 g/mol. The molecule has 4 nitrogen and oxygen atoms in total. The minimum absolute atomic E-state index is 0.450. The van der Waals surface area contributed by atoms with Crippen LogP contribution in [-0.4, -0.2) is 20.2 Å². The zero-order chi connectivity index (χ0) is 16.7. The van der Waals surface area contributed by atoms with Crippen LogP contribution in [0.1, 0.15) is 90.9 Å². The largest absolute Gasteiger partial charge is 0.227 e. The standard InChI is InChI=1S/C17H34N2O2S/c1-3-5-7-9-11-13-15-19-22(20,21)17(16-18)14-12-10-8-6-4-2/h17,19H,3-15H2,1-2H3. The van der Waals surface area contributed by atoms with Gasteiger partial charge in [-0.3, -0.25) is 0 Å². The Hall–Kier alpha value is -0.600. The molecule has 1 unspecified atom stereocenters. The second-order valence-corrected chi connectivity index (χ2v) is 7.98. The van der Waals surface area contributed by atoms with Crippen LogP contribution in [0.5, 0.6) is 0 Å². The number of hydrogen-bond acceptors (Lipinski definition) is 3. The van der Waals surface area contributed by atoms with E-state index >= 15 is 0 Å². The monoisotopic (exact) mass is 330 g/mol. The van der Waals surface area contributed by atoms with Crippen LogP contribution in [0.4, 0.5) is 0 Å². The minimum Gasteiger partial charge on any atom is -0.214 e. The average Bonchev–Trinajstić information content (AvgIpc) is 2.49. The van der Waals surface area contributed by atoms with E-state index in [0.717, 1.165) is 38.5 Å². The second kappa shape index (κ2) is 14.0. The Morgan fingerprint density at radius 2 is 1.36 bits per heavy atom. The Morgan fingerprint density at radius 3 is 1.91 bits per heavy atom. The first-order valence-electron chi connectivity index (χ1n) is 8.96. The zero-order valence-electron chi connectivity index (χ0n) is 14.4. The summed E-state index contributed by atoms with van der Waals surface area (Å²) < 4.78 is 26.8. The smallest absolute Gasteiger partial charge is 0.214 e. The second-order valence-electron chi connectivity index (χ2n) is 6.03. The first-order valence-corrected chi connectivity index (χ1v) is 10.5. The Morgan fingerprint density at radius 1 is 0.864 bits per heavy atom. The van der Waals surface area contributed by atoms with Crippen LogP contribution >= 0.6 is 0 Å². The highest BCUT2D eigenvalue weighted by atomic mass is 32.2. The normalized spacial score (nSPS) is 13.0. The summed E-state index contributed by atoms with van der Waals surface area (Å²) in [4.78, 5) is 0. The van der Waals surface area contributed by atoms with E-state index in [4.69, 9.17) is 5.26 Å². The van der Waals surface area contributed by atoms with Gasteiger partial charge in [-0.05, 0) is 12.8 Å². The van der Waals surface area contributed by atoms with Crippen molar-refractivity contribution in [3.63, 3.8) is 0 Å². The van der Waals surface area contributed by atoms with Gasteiger partial charge in [-0.1, -0.05) is 78.1 Å². The van der Waals surface area contributed by atoms with Crippen molar-refractivity contribution in [2.75, 3.05) is 6.54 Å². The average molecular weight is 331 g/mol. The highest BCUT2D eigenvalue weighted by Crippen LogP contribution is 2.12. The number of nitriles is 1. The van der Waals surface area contributed by atoms with Gasteiger partial charge < -0.3 is 0 Å². The van der Waals surface area contributed by atoms with Crippen molar-refractivity contribution >= 4 is 10.0 Å². The van der Waals surface area contributed by atoms with Crippen molar-refractivity contribution in [1.82, 2.24) is 4.72 Å². The Labute approximate surface area is 137 Å². The maximum Gasteiger partial charge on any atom is 0.227 e. The summed E-state index contributed by atoms with van der Waals surface area (Å²) in [6.07, 6.45) is 12.5. The maximum atomic E-state index is 12.1. The van der Waals surface area contributed by atoms with E-state index in [-0.39, 0.29) is 0 Å². The number of nitrogens with zero attached hydrogens (tertiary/aromatic N) is 1. The van der Waals surface area contributed by atoms with Crippen LogP contribution in [-0.2, 0) is 10.0 Å². The molecule has 0 heterocycles. The van der Waals surface area contributed by atoms with E-state index in [0.29, 0.717) is 13.0 Å².